The van der Waals surface area contributed by atoms with Gasteiger partial charge in [-0.25, -0.2) is 4.79 Å². The second-order valence-corrected chi connectivity index (χ2v) is 7.96. The van der Waals surface area contributed by atoms with Crippen LogP contribution in [0.2, 0.25) is 0 Å². The predicted octanol–water partition coefficient (Wildman–Crippen LogP) is 2.59. The van der Waals surface area contributed by atoms with Gasteiger partial charge < -0.3 is 33.7 Å². The SMILES string of the molecule is CCCCOCC1O[C@H](OCCCC)C(NC(C)=O)C(OCC(=O)OC)[C@@H]1OCCCC. The number of nitrogens with one attached hydrogen (secondary N) is 1. The number of rotatable bonds is 17. The Kier molecular flexibility index (Phi) is 15.5. The highest BCUT2D eigenvalue weighted by molar-refractivity contribution is 5.73. The summed E-state index contributed by atoms with van der Waals surface area (Å²) in [6.07, 6.45) is 3.19. The van der Waals surface area contributed by atoms with E-state index in [-0.39, 0.29) is 12.5 Å². The fraction of sp³-hybridized carbons (Fsp3) is 0.913. The Labute approximate surface area is 192 Å². The highest BCUT2D eigenvalue weighted by atomic mass is 16.7. The number of carbonyl (C=O) groups excluding carboxylic acids is 2. The first-order chi connectivity index (χ1) is 15.5. The zero-order valence-electron chi connectivity index (χ0n) is 20.4. The van der Waals surface area contributed by atoms with E-state index in [0.717, 1.165) is 38.5 Å². The van der Waals surface area contributed by atoms with Crippen molar-refractivity contribution in [2.24, 2.45) is 0 Å². The maximum Gasteiger partial charge on any atom is 0.331 e. The van der Waals surface area contributed by atoms with Gasteiger partial charge in [0.05, 0.1) is 13.7 Å². The van der Waals surface area contributed by atoms with Crippen molar-refractivity contribution in [3.05, 3.63) is 0 Å². The van der Waals surface area contributed by atoms with E-state index < -0.39 is 36.6 Å². The largest absolute Gasteiger partial charge is 0.467 e. The van der Waals surface area contributed by atoms with Crippen LogP contribution in [0, 0.1) is 0 Å². The molecule has 0 aliphatic carbocycles. The number of ether oxygens (including phenoxy) is 6. The molecular formula is C23H43NO8. The fourth-order valence-corrected chi connectivity index (χ4v) is 3.34. The molecule has 0 saturated carbocycles. The zero-order chi connectivity index (χ0) is 23.8. The van der Waals surface area contributed by atoms with E-state index in [1.807, 2.05) is 0 Å². The lowest BCUT2D eigenvalue weighted by atomic mass is 9.96. The minimum absolute atomic E-state index is 0.251. The lowest BCUT2D eigenvalue weighted by Gasteiger charge is -2.46. The fourth-order valence-electron chi connectivity index (χ4n) is 3.34. The molecule has 1 N–H and O–H groups in total. The van der Waals surface area contributed by atoms with Crippen LogP contribution in [-0.4, -0.2) is 82.7 Å². The first-order valence-electron chi connectivity index (χ1n) is 11.9. The number of unbranched alkanes of at least 4 members (excludes halogenated alkanes) is 3. The lowest BCUT2D eigenvalue weighted by Crippen LogP contribution is -2.66. The molecule has 3 unspecified atom stereocenters. The van der Waals surface area contributed by atoms with E-state index >= 15 is 0 Å². The zero-order valence-corrected chi connectivity index (χ0v) is 20.4. The van der Waals surface area contributed by atoms with Gasteiger partial charge in [-0.1, -0.05) is 40.0 Å². The molecular weight excluding hydrogens is 418 g/mol. The summed E-state index contributed by atoms with van der Waals surface area (Å²) in [5.74, 6) is -0.760. The highest BCUT2D eigenvalue weighted by Crippen LogP contribution is 2.28. The summed E-state index contributed by atoms with van der Waals surface area (Å²) >= 11 is 0. The first-order valence-corrected chi connectivity index (χ1v) is 11.9. The van der Waals surface area contributed by atoms with Crippen molar-refractivity contribution in [2.75, 3.05) is 40.1 Å². The Bertz CT molecular complexity index is 518. The quantitative estimate of drug-likeness (QED) is 0.261. The number of hydrogen-bond acceptors (Lipinski definition) is 8. The Morgan fingerprint density at radius 2 is 1.50 bits per heavy atom. The van der Waals surface area contributed by atoms with Crippen molar-refractivity contribution in [2.45, 2.75) is 96.9 Å². The van der Waals surface area contributed by atoms with Crippen LogP contribution in [0.1, 0.15) is 66.2 Å². The molecule has 1 rings (SSSR count). The summed E-state index contributed by atoms with van der Waals surface area (Å²) < 4.78 is 34.9. The van der Waals surface area contributed by atoms with Gasteiger partial charge in [0.15, 0.2) is 6.29 Å². The van der Waals surface area contributed by atoms with Crippen LogP contribution >= 0.6 is 0 Å². The van der Waals surface area contributed by atoms with Gasteiger partial charge >= 0.3 is 5.97 Å². The molecule has 1 fully saturated rings. The monoisotopic (exact) mass is 461 g/mol. The molecule has 0 spiro atoms. The minimum atomic E-state index is -0.751. The van der Waals surface area contributed by atoms with Crippen LogP contribution < -0.4 is 5.32 Å². The molecule has 32 heavy (non-hydrogen) atoms. The van der Waals surface area contributed by atoms with Crippen LogP contribution in [0.25, 0.3) is 0 Å². The van der Waals surface area contributed by atoms with E-state index in [1.165, 1.54) is 14.0 Å². The summed E-state index contributed by atoms with van der Waals surface area (Å²) in [4.78, 5) is 23.8. The first kappa shape index (κ1) is 28.8. The molecule has 9 nitrogen and oxygen atoms in total. The van der Waals surface area contributed by atoms with Gasteiger partial charge in [-0.3, -0.25) is 4.79 Å². The van der Waals surface area contributed by atoms with Crippen molar-refractivity contribution in [3.63, 3.8) is 0 Å². The number of carbonyl (C=O) groups is 2. The van der Waals surface area contributed by atoms with E-state index in [4.69, 9.17) is 28.4 Å². The van der Waals surface area contributed by atoms with Gasteiger partial charge in [-0.15, -0.1) is 0 Å². The van der Waals surface area contributed by atoms with Crippen molar-refractivity contribution in [1.82, 2.24) is 5.32 Å². The Morgan fingerprint density at radius 3 is 2.09 bits per heavy atom. The van der Waals surface area contributed by atoms with Crippen molar-refractivity contribution in [1.29, 1.82) is 0 Å². The number of esters is 1. The van der Waals surface area contributed by atoms with E-state index in [1.54, 1.807) is 0 Å². The maximum absolute atomic E-state index is 12.0. The molecule has 1 saturated heterocycles. The maximum atomic E-state index is 12.0. The van der Waals surface area contributed by atoms with Crippen molar-refractivity contribution >= 4 is 11.9 Å². The molecule has 1 amide bonds. The number of hydrogen-bond donors (Lipinski definition) is 1. The van der Waals surface area contributed by atoms with Crippen LogP contribution in [0.15, 0.2) is 0 Å². The van der Waals surface area contributed by atoms with Gasteiger partial charge in [-0.2, -0.15) is 0 Å². The summed E-state index contributed by atoms with van der Waals surface area (Å²) in [6, 6.07) is -0.646. The summed E-state index contributed by atoms with van der Waals surface area (Å²) in [5, 5.41) is 2.88. The number of amides is 1. The van der Waals surface area contributed by atoms with Gasteiger partial charge in [0.2, 0.25) is 5.91 Å². The smallest absolute Gasteiger partial charge is 0.331 e. The second-order valence-electron chi connectivity index (χ2n) is 7.96. The molecule has 1 aliphatic rings. The van der Waals surface area contributed by atoms with Crippen LogP contribution in [-0.2, 0) is 38.0 Å². The molecule has 0 bridgehead atoms. The van der Waals surface area contributed by atoms with Gasteiger partial charge in [0, 0.05) is 26.7 Å². The average molecular weight is 462 g/mol. The normalized spacial score (nSPS) is 25.5. The van der Waals surface area contributed by atoms with Crippen molar-refractivity contribution in [3.8, 4) is 0 Å². The highest BCUT2D eigenvalue weighted by Gasteiger charge is 2.48. The molecule has 0 aromatic carbocycles. The second kappa shape index (κ2) is 17.2. The lowest BCUT2D eigenvalue weighted by molar-refractivity contribution is -0.286. The number of methoxy groups -OCH3 is 1. The molecule has 1 heterocycles. The van der Waals surface area contributed by atoms with Crippen LogP contribution in [0.5, 0.6) is 0 Å². The Balaban J connectivity index is 3.12. The Morgan fingerprint density at radius 1 is 0.875 bits per heavy atom. The Hall–Kier alpha value is -1.26. The van der Waals surface area contributed by atoms with E-state index in [9.17, 15) is 9.59 Å². The van der Waals surface area contributed by atoms with Crippen molar-refractivity contribution < 1.29 is 38.0 Å². The molecule has 0 radical (unpaired) electrons. The summed E-state index contributed by atoms with van der Waals surface area (Å²) in [6.45, 7) is 9.30. The topological polar surface area (TPSA) is 102 Å². The molecule has 188 valence electrons. The third-order valence-corrected chi connectivity index (χ3v) is 5.15. The molecule has 0 aromatic rings. The third kappa shape index (κ3) is 10.6. The summed E-state index contributed by atoms with van der Waals surface area (Å²) in [5.41, 5.74) is 0. The molecule has 1 aliphatic heterocycles. The molecule has 5 atom stereocenters. The van der Waals surface area contributed by atoms with Crippen LogP contribution in [0.3, 0.4) is 0 Å². The average Bonchev–Trinajstić information content (AvgIpc) is 2.77. The minimum Gasteiger partial charge on any atom is -0.467 e. The van der Waals surface area contributed by atoms with E-state index in [2.05, 4.69) is 26.1 Å². The summed E-state index contributed by atoms with van der Waals surface area (Å²) in [7, 11) is 1.30. The van der Waals surface area contributed by atoms with Gasteiger partial charge in [-0.05, 0) is 19.3 Å². The predicted molar refractivity (Wildman–Crippen MR) is 119 cm³/mol. The van der Waals surface area contributed by atoms with Crippen LogP contribution in [0.4, 0.5) is 0 Å². The molecule has 9 heteroatoms. The third-order valence-electron chi connectivity index (χ3n) is 5.15. The van der Waals surface area contributed by atoms with Gasteiger partial charge in [0.1, 0.15) is 31.0 Å². The molecule has 0 aromatic heterocycles. The standard InChI is InChI=1S/C23H43NO8/c1-6-9-12-28-15-18-21(29-13-10-7-2)22(31-16-19(26)27-5)20(24-17(4)25)23(32-18)30-14-11-8-3/h18,20-23H,6-16H2,1-5H3,(H,24,25)/t18?,20?,21-,22?,23+/m1/s1. The van der Waals surface area contributed by atoms with Gasteiger partial charge in [0.25, 0.3) is 0 Å². The van der Waals surface area contributed by atoms with E-state index in [0.29, 0.717) is 26.4 Å².